The molecule has 1 heterocycles. The molecule has 0 spiro atoms. The van der Waals surface area contributed by atoms with Crippen LogP contribution >= 0.6 is 54.5 Å². The molecule has 1 aromatic heterocycles. The van der Waals surface area contributed by atoms with Crippen LogP contribution in [0.2, 0.25) is 0 Å². The number of aryl methyl sites for hydroxylation is 5. The number of halogens is 3. The quantitative estimate of drug-likeness (QED) is 0.105. The van der Waals surface area contributed by atoms with Crippen LogP contribution in [0.3, 0.4) is 0 Å². The molecular weight excluding hydrogens is 1020 g/mol. The van der Waals surface area contributed by atoms with Gasteiger partial charge >= 0.3 is 0 Å². The van der Waals surface area contributed by atoms with Gasteiger partial charge in [-0.3, -0.25) is 9.78 Å². The minimum Gasteiger partial charge on any atom is -0.398 e. The van der Waals surface area contributed by atoms with Crippen molar-refractivity contribution in [1.82, 2.24) is 4.98 Å². The Morgan fingerprint density at radius 2 is 0.952 bits per heavy atom. The Morgan fingerprint density at radius 1 is 0.492 bits per heavy atom. The van der Waals surface area contributed by atoms with Crippen molar-refractivity contribution in [2.24, 2.45) is 0 Å². The number of nitrogens with zero attached hydrogens (tertiary/aromatic N) is 1. The summed E-state index contributed by atoms with van der Waals surface area (Å²) in [5.74, 6) is -0.0500. The Balaban J connectivity index is 0.000000153. The number of aromatic nitrogens is 1. The van der Waals surface area contributed by atoms with E-state index in [9.17, 15) is 4.79 Å². The van der Waals surface area contributed by atoms with Crippen molar-refractivity contribution in [3.05, 3.63) is 229 Å². The number of hydrogen-bond donors (Lipinski definition) is 2. The van der Waals surface area contributed by atoms with Gasteiger partial charge in [0.05, 0.1) is 5.52 Å². The number of amides is 1. The fourth-order valence-electron chi connectivity index (χ4n) is 6.85. The average Bonchev–Trinajstić information content (AvgIpc) is 3.28. The predicted octanol–water partition coefficient (Wildman–Crippen LogP) is 16.7. The highest BCUT2D eigenvalue weighted by molar-refractivity contribution is 14.1. The average molecular weight is 1070 g/mol. The van der Waals surface area contributed by atoms with Crippen LogP contribution in [0.1, 0.15) is 34.9 Å². The number of para-hydroxylation sites is 3. The molecule has 0 saturated carbocycles. The van der Waals surface area contributed by atoms with Gasteiger partial charge in [0.2, 0.25) is 5.91 Å². The van der Waals surface area contributed by atoms with Gasteiger partial charge in [0.15, 0.2) is 0 Å². The molecule has 7 heteroatoms. The Morgan fingerprint density at radius 3 is 1.49 bits per heavy atom. The third-order valence-corrected chi connectivity index (χ3v) is 13.4. The maximum atomic E-state index is 11.2. The molecule has 0 saturated heterocycles. The highest BCUT2D eigenvalue weighted by atomic mass is 127. The third kappa shape index (κ3) is 13.9. The molecule has 3 N–H and O–H groups in total. The summed E-state index contributed by atoms with van der Waals surface area (Å²) in [6.45, 7) is 12.0. The Labute approximate surface area is 403 Å². The number of carbonyl (C=O) groups is 1. The number of anilines is 2. The summed E-state index contributed by atoms with van der Waals surface area (Å²) in [5.41, 5.74) is 19.4. The van der Waals surface area contributed by atoms with Crippen LogP contribution < -0.4 is 11.1 Å². The summed E-state index contributed by atoms with van der Waals surface area (Å²) in [6.07, 6.45) is 0. The fraction of sp³-hybridized carbons (Fsp3) is 0.107. The van der Waals surface area contributed by atoms with E-state index in [1.54, 1.807) is 0 Å². The number of benzene rings is 8. The van der Waals surface area contributed by atoms with Gasteiger partial charge in [-0.1, -0.05) is 168 Å². The number of nitrogen functional groups attached to an aromatic ring is 1. The normalized spacial score (nSPS) is 10.1. The summed E-state index contributed by atoms with van der Waals surface area (Å²) in [7, 11) is 0. The molecule has 0 aliphatic rings. The Bertz CT molecular complexity index is 2800. The first-order valence-electron chi connectivity index (χ1n) is 20.5. The summed E-state index contributed by atoms with van der Waals surface area (Å²) in [6, 6.07) is 63.2. The molecule has 0 bridgehead atoms. The Hall–Kier alpha value is -5.61. The van der Waals surface area contributed by atoms with Crippen LogP contribution in [-0.2, 0) is 4.79 Å². The van der Waals surface area contributed by atoms with E-state index in [4.69, 9.17) is 5.73 Å². The molecule has 1 amide bonds. The predicted molar refractivity (Wildman–Crippen MR) is 286 cm³/mol. The van der Waals surface area contributed by atoms with Crippen molar-refractivity contribution in [2.45, 2.75) is 41.5 Å². The molecule has 4 nitrogen and oxygen atoms in total. The van der Waals surface area contributed by atoms with E-state index >= 15 is 0 Å². The van der Waals surface area contributed by atoms with Crippen molar-refractivity contribution in [3.63, 3.8) is 0 Å². The first-order valence-corrected chi connectivity index (χ1v) is 23.2. The zero-order valence-corrected chi connectivity index (χ0v) is 41.8. The lowest BCUT2D eigenvalue weighted by molar-refractivity contribution is -0.114. The molecule has 63 heavy (non-hydrogen) atoms. The maximum absolute atomic E-state index is 11.2. The summed E-state index contributed by atoms with van der Waals surface area (Å²) in [5, 5.41) is 6.71. The van der Waals surface area contributed by atoms with Gasteiger partial charge in [-0.25, -0.2) is 0 Å². The molecule has 8 aromatic carbocycles. The van der Waals surface area contributed by atoms with E-state index in [-0.39, 0.29) is 5.91 Å². The van der Waals surface area contributed by atoms with Crippen LogP contribution in [0.5, 0.6) is 0 Å². The number of hydrogen-bond acceptors (Lipinski definition) is 3. The fourth-order valence-corrected chi connectivity index (χ4v) is 7.81. The molecule has 0 aliphatic carbocycles. The van der Waals surface area contributed by atoms with E-state index in [1.165, 1.54) is 63.4 Å². The highest BCUT2D eigenvalue weighted by Crippen LogP contribution is 2.31. The number of carbonyl (C=O) groups excluding carboxylic acids is 1. The number of rotatable bonds is 3. The van der Waals surface area contributed by atoms with Crippen LogP contribution in [0.4, 0.5) is 11.4 Å². The second kappa shape index (κ2) is 24.3. The molecule has 0 atom stereocenters. The summed E-state index contributed by atoms with van der Waals surface area (Å²) in [4.78, 5) is 15.8. The molecule has 318 valence electrons. The highest BCUT2D eigenvalue weighted by Gasteiger charge is 2.08. The standard InChI is InChI=1S/C15H15NO.C15H13N.C13H13N.C7H7Br.C6H4BrI/c1-11-7-3-4-8-13(11)14-9-5-6-10-15(14)16-12(2)17;1-10-6-5-8-12-11(2)16-14-9-4-3-7-13(14)15(10)12;1-10-6-2-3-7-11(10)12-8-4-5-9-13(12)14;1-6-4-2-3-5-7(6)8;7-5-3-1-2-4-6(5)8/h3-10H,1-2H3,(H,16,17);3-9H,1-2H3;2-9H,14H2,1H3;2-5H,1H3;1-4H. The topological polar surface area (TPSA) is 68.0 Å². The second-order valence-electron chi connectivity index (χ2n) is 14.8. The summed E-state index contributed by atoms with van der Waals surface area (Å²) < 4.78 is 3.60. The van der Waals surface area contributed by atoms with Gasteiger partial charge < -0.3 is 11.1 Å². The maximum Gasteiger partial charge on any atom is 0.221 e. The SMILES string of the molecule is Brc1ccccc1I.CC(=O)Nc1ccccc1-c1ccccc1C.Cc1ccccc1-c1ccccc1N.Cc1ccccc1Br.Cc1nc2ccccc2c2c(C)cccc12. The first-order chi connectivity index (χ1) is 30.3. The lowest BCUT2D eigenvalue weighted by Crippen LogP contribution is -2.06. The monoisotopic (exact) mass is 1070 g/mol. The lowest BCUT2D eigenvalue weighted by atomic mass is 9.99. The molecule has 9 aromatic rings. The van der Waals surface area contributed by atoms with E-state index in [0.717, 1.165) is 39.3 Å². The molecule has 0 radical (unpaired) electrons. The van der Waals surface area contributed by atoms with E-state index in [0.29, 0.717) is 0 Å². The van der Waals surface area contributed by atoms with Gasteiger partial charge in [-0.2, -0.15) is 0 Å². The van der Waals surface area contributed by atoms with Gasteiger partial charge in [0.1, 0.15) is 0 Å². The van der Waals surface area contributed by atoms with Crippen molar-refractivity contribution in [3.8, 4) is 22.3 Å². The van der Waals surface area contributed by atoms with E-state index < -0.39 is 0 Å². The molecule has 9 rings (SSSR count). The van der Waals surface area contributed by atoms with E-state index in [1.807, 2.05) is 109 Å². The molecular formula is C56H52Br2IN3O. The molecule has 0 aliphatic heterocycles. The lowest BCUT2D eigenvalue weighted by Gasteiger charge is -2.11. The van der Waals surface area contributed by atoms with Crippen molar-refractivity contribution in [2.75, 3.05) is 11.1 Å². The second-order valence-corrected chi connectivity index (χ2v) is 17.7. The zero-order valence-electron chi connectivity index (χ0n) is 36.5. The number of fused-ring (bicyclic) bond motifs is 3. The van der Waals surface area contributed by atoms with Crippen LogP contribution in [0.15, 0.2) is 197 Å². The van der Waals surface area contributed by atoms with Crippen molar-refractivity contribution < 1.29 is 4.79 Å². The van der Waals surface area contributed by atoms with Gasteiger partial charge in [0.25, 0.3) is 0 Å². The van der Waals surface area contributed by atoms with Gasteiger partial charge in [-0.15, -0.1) is 0 Å². The zero-order chi connectivity index (χ0) is 45.3. The minimum atomic E-state index is -0.0500. The number of pyridine rings is 1. The third-order valence-electron chi connectivity index (χ3n) is 10.1. The Kier molecular flexibility index (Phi) is 18.7. The molecule has 0 fully saturated rings. The summed E-state index contributed by atoms with van der Waals surface area (Å²) >= 11 is 9.06. The van der Waals surface area contributed by atoms with Crippen molar-refractivity contribution >= 4 is 93.4 Å². The van der Waals surface area contributed by atoms with Crippen LogP contribution in [0, 0.1) is 38.2 Å². The largest absolute Gasteiger partial charge is 0.398 e. The van der Waals surface area contributed by atoms with Crippen molar-refractivity contribution in [1.29, 1.82) is 0 Å². The van der Waals surface area contributed by atoms with E-state index in [2.05, 4.69) is 178 Å². The smallest absolute Gasteiger partial charge is 0.221 e. The molecule has 0 unspecified atom stereocenters. The van der Waals surface area contributed by atoms with Gasteiger partial charge in [0, 0.05) is 58.4 Å². The first kappa shape index (κ1) is 48.4. The van der Waals surface area contributed by atoms with Gasteiger partial charge in [-0.05, 0) is 148 Å². The number of nitrogens with two attached hydrogens (primary N) is 1. The van der Waals surface area contributed by atoms with Crippen LogP contribution in [0.25, 0.3) is 43.9 Å². The van der Waals surface area contributed by atoms with Crippen LogP contribution in [-0.4, -0.2) is 10.9 Å². The minimum absolute atomic E-state index is 0.0500. The number of nitrogens with one attached hydrogen (secondary N) is 1.